The topological polar surface area (TPSA) is 159 Å². The van der Waals surface area contributed by atoms with Gasteiger partial charge in [0.15, 0.2) is 6.10 Å². The molecular weight excluding hydrogens is 612 g/mol. The summed E-state index contributed by atoms with van der Waals surface area (Å²) in [6.07, 6.45) is 8.30. The van der Waals surface area contributed by atoms with Gasteiger partial charge in [0, 0.05) is 31.3 Å². The van der Waals surface area contributed by atoms with E-state index in [9.17, 15) is 19.2 Å². The van der Waals surface area contributed by atoms with Crippen LogP contribution in [-0.2, 0) is 28.7 Å². The van der Waals surface area contributed by atoms with E-state index in [1.54, 1.807) is 36.7 Å². The number of cyclic esters (lactones) is 2. The molecule has 1 aromatic heterocycles. The number of hydrogen-bond donors (Lipinski definition) is 3. The number of carbonyl (C=O) groups is 4. The van der Waals surface area contributed by atoms with E-state index in [2.05, 4.69) is 22.2 Å². The van der Waals surface area contributed by atoms with E-state index < -0.39 is 48.0 Å². The lowest BCUT2D eigenvalue weighted by Gasteiger charge is -2.26. The first-order chi connectivity index (χ1) is 21.9. The van der Waals surface area contributed by atoms with Crippen molar-refractivity contribution < 1.29 is 33.4 Å². The molecule has 0 unspecified atom stereocenters. The van der Waals surface area contributed by atoms with E-state index in [4.69, 9.17) is 31.5 Å². The van der Waals surface area contributed by atoms with Crippen molar-refractivity contribution in [3.8, 4) is 5.75 Å². The third-order valence-corrected chi connectivity index (χ3v) is 7.51. The highest BCUT2D eigenvalue weighted by Gasteiger charge is 2.32. The van der Waals surface area contributed by atoms with Crippen LogP contribution in [0.25, 0.3) is 11.6 Å². The van der Waals surface area contributed by atoms with Crippen LogP contribution in [0.4, 0.5) is 0 Å². The third kappa shape index (κ3) is 10.6. The molecule has 0 saturated heterocycles. The molecule has 246 valence electrons. The summed E-state index contributed by atoms with van der Waals surface area (Å²) in [5, 5.41) is 5.51. The number of hydrogen-bond acceptors (Lipinski definition) is 9. The molecule has 0 aliphatic carbocycles. The monoisotopic (exact) mass is 652 g/mol. The van der Waals surface area contributed by atoms with Gasteiger partial charge in [0.25, 0.3) is 0 Å². The smallest absolute Gasteiger partial charge is 0.347 e. The average Bonchev–Trinajstić information content (AvgIpc) is 3.03. The number of nitrogens with two attached hydrogens (primary N) is 1. The minimum absolute atomic E-state index is 0.0175. The second kappa shape index (κ2) is 17.3. The predicted molar refractivity (Wildman–Crippen MR) is 175 cm³/mol. The second-order valence-corrected chi connectivity index (χ2v) is 11.7. The Morgan fingerprint density at radius 2 is 1.85 bits per heavy atom. The summed E-state index contributed by atoms with van der Waals surface area (Å²) >= 11 is 6.29. The van der Waals surface area contributed by atoms with Crippen molar-refractivity contribution in [1.82, 2.24) is 15.6 Å². The lowest BCUT2D eigenvalue weighted by Crippen LogP contribution is -2.51. The Balaban J connectivity index is 1.94. The molecule has 0 spiro atoms. The number of amides is 2. The maximum atomic E-state index is 13.4. The lowest BCUT2D eigenvalue weighted by molar-refractivity contribution is -0.174. The highest BCUT2D eigenvalue weighted by atomic mass is 35.5. The minimum atomic E-state index is -1.31. The zero-order chi connectivity index (χ0) is 33.8. The fourth-order valence-corrected chi connectivity index (χ4v) is 4.80. The predicted octanol–water partition coefficient (Wildman–Crippen LogP) is 3.86. The number of ether oxygens (including phenoxy) is 3. The standard InChI is InChI=1S/C34H41ClN4O7/c1-20(2)17-29-34(43)45-27(21(3)9-10-23-13-15-37-16-14-23)7-6-8-30(40)39-31(32(41)38-19-26(36)33(42)46-29)22(4)24-11-12-28(44-5)25(35)18-24/h6,8-16,18,20-21,26-27,29,31H,4,7,17,19,36H2,1-3,5H3,(H,38,41)(H,39,40)/b8-6+,10-9+/t21-,26-,27+,29+,31-/m1/s1. The van der Waals surface area contributed by atoms with E-state index in [1.165, 1.54) is 13.2 Å². The summed E-state index contributed by atoms with van der Waals surface area (Å²) in [6, 6.07) is 5.94. The normalized spacial score (nSPS) is 23.2. The Kier molecular flexibility index (Phi) is 13.5. The molecule has 3 rings (SSSR count). The van der Waals surface area contributed by atoms with Gasteiger partial charge < -0.3 is 30.6 Å². The molecule has 2 aromatic rings. The fraction of sp³-hybridized carbons (Fsp3) is 0.382. The second-order valence-electron chi connectivity index (χ2n) is 11.3. The van der Waals surface area contributed by atoms with E-state index in [1.807, 2.05) is 45.1 Å². The van der Waals surface area contributed by atoms with Gasteiger partial charge in [0.05, 0.1) is 12.1 Å². The quantitative estimate of drug-likeness (QED) is 0.360. The molecule has 0 radical (unpaired) electrons. The summed E-state index contributed by atoms with van der Waals surface area (Å²) < 4.78 is 16.6. The third-order valence-electron chi connectivity index (χ3n) is 7.22. The van der Waals surface area contributed by atoms with Crippen molar-refractivity contribution in [3.63, 3.8) is 0 Å². The zero-order valence-corrected chi connectivity index (χ0v) is 27.2. The highest BCUT2D eigenvalue weighted by molar-refractivity contribution is 6.32. The van der Waals surface area contributed by atoms with Crippen LogP contribution in [0.1, 0.15) is 44.7 Å². The summed E-state index contributed by atoms with van der Waals surface area (Å²) in [5.74, 6) is -2.78. The Morgan fingerprint density at radius 3 is 2.50 bits per heavy atom. The van der Waals surface area contributed by atoms with Gasteiger partial charge in [-0.05, 0) is 59.4 Å². The van der Waals surface area contributed by atoms with Gasteiger partial charge in [0.1, 0.15) is 23.9 Å². The molecule has 1 aromatic carbocycles. The Labute approximate surface area is 274 Å². The molecule has 1 aliphatic heterocycles. The van der Waals surface area contributed by atoms with Crippen LogP contribution in [0.2, 0.25) is 5.02 Å². The molecule has 11 nitrogen and oxygen atoms in total. The first kappa shape index (κ1) is 36.0. The molecule has 46 heavy (non-hydrogen) atoms. The number of rotatable bonds is 8. The molecule has 2 amide bonds. The van der Waals surface area contributed by atoms with Gasteiger partial charge in [-0.25, -0.2) is 4.79 Å². The maximum Gasteiger partial charge on any atom is 0.347 e. The molecule has 5 atom stereocenters. The number of methoxy groups -OCH3 is 1. The van der Waals surface area contributed by atoms with Crippen molar-refractivity contribution in [2.75, 3.05) is 13.7 Å². The number of nitrogens with zero attached hydrogens (tertiary/aromatic N) is 1. The van der Waals surface area contributed by atoms with Gasteiger partial charge in [-0.3, -0.25) is 19.4 Å². The van der Waals surface area contributed by atoms with Crippen molar-refractivity contribution in [2.24, 2.45) is 17.6 Å². The highest BCUT2D eigenvalue weighted by Crippen LogP contribution is 2.29. The number of halogens is 1. The van der Waals surface area contributed by atoms with Crippen molar-refractivity contribution in [3.05, 3.63) is 83.7 Å². The van der Waals surface area contributed by atoms with Gasteiger partial charge in [-0.2, -0.15) is 0 Å². The number of benzene rings is 1. The minimum Gasteiger partial charge on any atom is -0.495 e. The SMILES string of the molecule is C=C(c1ccc(OC)c(Cl)c1)[C@H]1NC(=O)/C=C/C[C@@H]([C@H](C)/C=C/c2ccncc2)OC(=O)[C@H](CC(C)C)OC(=O)[C@H](N)CNC1=O. The molecule has 0 bridgehead atoms. The van der Waals surface area contributed by atoms with E-state index in [0.29, 0.717) is 11.3 Å². The molecule has 1 aliphatic rings. The molecular formula is C34H41ClN4O7. The Hall–Kier alpha value is -4.48. The van der Waals surface area contributed by atoms with Gasteiger partial charge >= 0.3 is 11.9 Å². The maximum absolute atomic E-state index is 13.4. The first-order valence-corrected chi connectivity index (χ1v) is 15.3. The Bertz CT molecular complexity index is 1460. The van der Waals surface area contributed by atoms with Crippen LogP contribution in [0.5, 0.6) is 5.75 Å². The largest absolute Gasteiger partial charge is 0.495 e. The molecule has 0 fully saturated rings. The van der Waals surface area contributed by atoms with Gasteiger partial charge in [-0.1, -0.05) is 63.2 Å². The summed E-state index contributed by atoms with van der Waals surface area (Å²) in [5.41, 5.74) is 7.68. The molecule has 12 heteroatoms. The van der Waals surface area contributed by atoms with Gasteiger partial charge in [-0.15, -0.1) is 0 Å². The van der Waals surface area contributed by atoms with Crippen LogP contribution in [-0.4, -0.2) is 66.7 Å². The fourth-order valence-electron chi connectivity index (χ4n) is 4.54. The number of carbonyl (C=O) groups excluding carboxylic acids is 4. The van der Waals surface area contributed by atoms with Crippen LogP contribution in [0, 0.1) is 11.8 Å². The van der Waals surface area contributed by atoms with E-state index in [-0.39, 0.29) is 41.8 Å². The number of esters is 2. The van der Waals surface area contributed by atoms with E-state index >= 15 is 0 Å². The average molecular weight is 653 g/mol. The van der Waals surface area contributed by atoms with Crippen LogP contribution in [0.3, 0.4) is 0 Å². The van der Waals surface area contributed by atoms with Crippen LogP contribution in [0.15, 0.2) is 67.5 Å². The molecule has 0 saturated carbocycles. The van der Waals surface area contributed by atoms with Crippen molar-refractivity contribution in [1.29, 1.82) is 0 Å². The summed E-state index contributed by atoms with van der Waals surface area (Å²) in [7, 11) is 1.47. The van der Waals surface area contributed by atoms with Crippen molar-refractivity contribution in [2.45, 2.75) is 57.9 Å². The van der Waals surface area contributed by atoms with Crippen LogP contribution >= 0.6 is 11.6 Å². The van der Waals surface area contributed by atoms with Crippen LogP contribution < -0.4 is 21.1 Å². The summed E-state index contributed by atoms with van der Waals surface area (Å²) in [6.45, 7) is 9.32. The molecule has 2 heterocycles. The zero-order valence-electron chi connectivity index (χ0n) is 26.4. The number of nitrogens with one attached hydrogen (secondary N) is 2. The van der Waals surface area contributed by atoms with Crippen molar-refractivity contribution >= 4 is 47.0 Å². The summed E-state index contributed by atoms with van der Waals surface area (Å²) in [4.78, 5) is 56.8. The first-order valence-electron chi connectivity index (χ1n) is 14.9. The van der Waals surface area contributed by atoms with Gasteiger partial charge in [0.2, 0.25) is 11.8 Å². The molecule has 4 N–H and O–H groups in total. The van der Waals surface area contributed by atoms with E-state index in [0.717, 1.165) is 5.56 Å². The lowest BCUT2D eigenvalue weighted by atomic mass is 9.98. The Morgan fingerprint density at radius 1 is 1.13 bits per heavy atom. The number of aromatic nitrogens is 1. The number of pyridine rings is 1.